The topological polar surface area (TPSA) is 85.2 Å². The van der Waals surface area contributed by atoms with Crippen LogP contribution in [0.15, 0.2) is 30.3 Å². The van der Waals surface area contributed by atoms with E-state index >= 15 is 0 Å². The number of Topliss-reactive ketones (excluding diaryl/α,β-unsaturated/α-hetero) is 1. The van der Waals surface area contributed by atoms with Crippen molar-refractivity contribution in [2.45, 2.75) is 12.5 Å². The molecule has 0 aromatic heterocycles. The standard InChI is InChI=1S/C17H16O6/c1-21-10-3-4-14(22-2)11(7-10)15-8-13(20)17-12(19)5-9(18)6-16(17)23-15/h3-7,15,18-19H,8H2,1-2H3. The summed E-state index contributed by atoms with van der Waals surface area (Å²) in [4.78, 5) is 12.4. The average Bonchev–Trinajstić information content (AvgIpc) is 2.53. The van der Waals surface area contributed by atoms with Crippen molar-refractivity contribution in [1.82, 2.24) is 0 Å². The van der Waals surface area contributed by atoms with Crippen molar-refractivity contribution in [3.8, 4) is 28.7 Å². The first-order valence-corrected chi connectivity index (χ1v) is 7.01. The predicted octanol–water partition coefficient (Wildman–Crippen LogP) is 2.82. The second-order valence-electron chi connectivity index (χ2n) is 5.18. The zero-order valence-electron chi connectivity index (χ0n) is 12.7. The molecule has 0 spiro atoms. The van der Waals surface area contributed by atoms with E-state index in [4.69, 9.17) is 14.2 Å². The number of fused-ring (bicyclic) bond motifs is 1. The van der Waals surface area contributed by atoms with Crippen molar-refractivity contribution in [3.63, 3.8) is 0 Å². The summed E-state index contributed by atoms with van der Waals surface area (Å²) in [6, 6.07) is 7.65. The van der Waals surface area contributed by atoms with Gasteiger partial charge in [0.15, 0.2) is 5.78 Å². The highest BCUT2D eigenvalue weighted by Crippen LogP contribution is 2.43. The van der Waals surface area contributed by atoms with Crippen LogP contribution in [0.1, 0.15) is 28.4 Å². The van der Waals surface area contributed by atoms with Crippen LogP contribution in [-0.2, 0) is 0 Å². The van der Waals surface area contributed by atoms with Crippen molar-refractivity contribution in [3.05, 3.63) is 41.5 Å². The van der Waals surface area contributed by atoms with E-state index in [0.29, 0.717) is 17.1 Å². The number of ketones is 1. The minimum absolute atomic E-state index is 0.0505. The van der Waals surface area contributed by atoms with Gasteiger partial charge in [0.05, 0.1) is 20.6 Å². The van der Waals surface area contributed by atoms with Crippen LogP contribution in [0.25, 0.3) is 0 Å². The molecule has 0 radical (unpaired) electrons. The third-order valence-corrected chi connectivity index (χ3v) is 3.77. The second-order valence-corrected chi connectivity index (χ2v) is 5.18. The van der Waals surface area contributed by atoms with Crippen molar-refractivity contribution >= 4 is 5.78 Å². The van der Waals surface area contributed by atoms with Crippen LogP contribution < -0.4 is 14.2 Å². The van der Waals surface area contributed by atoms with E-state index in [-0.39, 0.29) is 35.0 Å². The molecule has 0 saturated carbocycles. The van der Waals surface area contributed by atoms with Crippen LogP contribution in [0.3, 0.4) is 0 Å². The number of methoxy groups -OCH3 is 2. The van der Waals surface area contributed by atoms with Gasteiger partial charge in [-0.25, -0.2) is 0 Å². The molecule has 1 aliphatic heterocycles. The maximum absolute atomic E-state index is 12.4. The van der Waals surface area contributed by atoms with Gasteiger partial charge in [0.1, 0.15) is 40.4 Å². The maximum atomic E-state index is 12.4. The Balaban J connectivity index is 2.05. The molecule has 1 atom stereocenters. The largest absolute Gasteiger partial charge is 0.508 e. The summed E-state index contributed by atoms with van der Waals surface area (Å²) in [7, 11) is 3.07. The summed E-state index contributed by atoms with van der Waals surface area (Å²) < 4.78 is 16.3. The highest BCUT2D eigenvalue weighted by molar-refractivity contribution is 6.02. The van der Waals surface area contributed by atoms with E-state index in [1.807, 2.05) is 0 Å². The zero-order valence-corrected chi connectivity index (χ0v) is 12.7. The van der Waals surface area contributed by atoms with E-state index in [2.05, 4.69) is 0 Å². The van der Waals surface area contributed by atoms with E-state index < -0.39 is 6.10 Å². The van der Waals surface area contributed by atoms with Gasteiger partial charge in [0.25, 0.3) is 0 Å². The Bertz CT molecular complexity index is 768. The number of hydrogen-bond donors (Lipinski definition) is 2. The van der Waals surface area contributed by atoms with Gasteiger partial charge in [-0.3, -0.25) is 4.79 Å². The normalized spacial score (nSPS) is 16.4. The third-order valence-electron chi connectivity index (χ3n) is 3.77. The van der Waals surface area contributed by atoms with Gasteiger partial charge in [0.2, 0.25) is 0 Å². The van der Waals surface area contributed by atoms with Crippen molar-refractivity contribution in [2.75, 3.05) is 14.2 Å². The molecule has 2 aromatic rings. The van der Waals surface area contributed by atoms with Crippen LogP contribution in [0.5, 0.6) is 28.7 Å². The molecule has 6 nitrogen and oxygen atoms in total. The molecule has 0 fully saturated rings. The maximum Gasteiger partial charge on any atom is 0.174 e. The fourth-order valence-electron chi connectivity index (χ4n) is 2.69. The van der Waals surface area contributed by atoms with Crippen LogP contribution >= 0.6 is 0 Å². The van der Waals surface area contributed by atoms with Crippen LogP contribution in [-0.4, -0.2) is 30.2 Å². The highest BCUT2D eigenvalue weighted by Gasteiger charge is 2.32. The molecule has 23 heavy (non-hydrogen) atoms. The fourth-order valence-corrected chi connectivity index (χ4v) is 2.69. The van der Waals surface area contributed by atoms with Crippen molar-refractivity contribution in [2.24, 2.45) is 0 Å². The molecule has 2 aromatic carbocycles. The average molecular weight is 316 g/mol. The van der Waals surface area contributed by atoms with Crippen molar-refractivity contribution < 1.29 is 29.2 Å². The molecule has 1 aliphatic rings. The molecule has 6 heteroatoms. The molecular weight excluding hydrogens is 300 g/mol. The Labute approximate surface area is 132 Å². The van der Waals surface area contributed by atoms with Gasteiger partial charge < -0.3 is 24.4 Å². The zero-order chi connectivity index (χ0) is 16.6. The Kier molecular flexibility index (Phi) is 3.73. The molecule has 1 heterocycles. The summed E-state index contributed by atoms with van der Waals surface area (Å²) in [5.74, 6) is 0.596. The van der Waals surface area contributed by atoms with Gasteiger partial charge in [-0.15, -0.1) is 0 Å². The number of benzene rings is 2. The van der Waals surface area contributed by atoms with Gasteiger partial charge in [0, 0.05) is 17.7 Å². The molecule has 0 amide bonds. The first-order valence-electron chi connectivity index (χ1n) is 7.01. The lowest BCUT2D eigenvalue weighted by Gasteiger charge is -2.27. The summed E-state index contributed by atoms with van der Waals surface area (Å²) in [5, 5.41) is 19.4. The molecule has 0 saturated heterocycles. The number of rotatable bonds is 3. The number of hydrogen-bond acceptors (Lipinski definition) is 6. The molecule has 3 rings (SSSR count). The predicted molar refractivity (Wildman–Crippen MR) is 81.6 cm³/mol. The lowest BCUT2D eigenvalue weighted by Crippen LogP contribution is -2.21. The van der Waals surface area contributed by atoms with Crippen molar-refractivity contribution in [1.29, 1.82) is 0 Å². The number of ether oxygens (including phenoxy) is 3. The van der Waals surface area contributed by atoms with E-state index in [1.165, 1.54) is 13.2 Å². The number of aromatic hydroxyl groups is 2. The minimum atomic E-state index is -0.596. The fraction of sp³-hybridized carbons (Fsp3) is 0.235. The van der Waals surface area contributed by atoms with Crippen LogP contribution in [0, 0.1) is 0 Å². The number of carbonyl (C=O) groups is 1. The molecular formula is C17H16O6. The highest BCUT2D eigenvalue weighted by atomic mass is 16.5. The molecule has 120 valence electrons. The summed E-state index contributed by atoms with van der Waals surface area (Å²) >= 11 is 0. The van der Waals surface area contributed by atoms with E-state index in [9.17, 15) is 15.0 Å². The SMILES string of the molecule is COc1ccc(OC)c(C2CC(=O)c3c(O)cc(O)cc3O2)c1. The lowest BCUT2D eigenvalue weighted by atomic mass is 9.95. The summed E-state index contributed by atoms with van der Waals surface area (Å²) in [6.45, 7) is 0. The van der Waals surface area contributed by atoms with E-state index in [0.717, 1.165) is 6.07 Å². The van der Waals surface area contributed by atoms with Gasteiger partial charge >= 0.3 is 0 Å². The lowest BCUT2D eigenvalue weighted by molar-refractivity contribution is 0.0841. The smallest absolute Gasteiger partial charge is 0.174 e. The third kappa shape index (κ3) is 2.63. The van der Waals surface area contributed by atoms with Crippen LogP contribution in [0.4, 0.5) is 0 Å². The minimum Gasteiger partial charge on any atom is -0.508 e. The Morgan fingerprint density at radius 3 is 2.61 bits per heavy atom. The first kappa shape index (κ1) is 15.0. The first-order chi connectivity index (χ1) is 11.0. The van der Waals surface area contributed by atoms with Crippen LogP contribution in [0.2, 0.25) is 0 Å². The second kappa shape index (κ2) is 5.72. The Hall–Kier alpha value is -2.89. The Morgan fingerprint density at radius 1 is 1.13 bits per heavy atom. The van der Waals surface area contributed by atoms with Gasteiger partial charge in [-0.2, -0.15) is 0 Å². The van der Waals surface area contributed by atoms with Gasteiger partial charge in [-0.05, 0) is 18.2 Å². The van der Waals surface area contributed by atoms with Gasteiger partial charge in [-0.1, -0.05) is 0 Å². The molecule has 2 N–H and O–H groups in total. The Morgan fingerprint density at radius 2 is 1.91 bits per heavy atom. The molecule has 0 bridgehead atoms. The number of phenolic OH excluding ortho intramolecular Hbond substituents is 2. The molecule has 1 unspecified atom stereocenters. The monoisotopic (exact) mass is 316 g/mol. The molecule has 0 aliphatic carbocycles. The van der Waals surface area contributed by atoms with E-state index in [1.54, 1.807) is 25.3 Å². The number of phenols is 2. The summed E-state index contributed by atoms with van der Waals surface area (Å²) in [6.07, 6.45) is -0.546. The quantitative estimate of drug-likeness (QED) is 0.905. The summed E-state index contributed by atoms with van der Waals surface area (Å²) in [5.41, 5.74) is 0.745. The number of carbonyl (C=O) groups excluding carboxylic acids is 1.